The Balaban J connectivity index is 2.24. The van der Waals surface area contributed by atoms with Gasteiger partial charge in [0, 0.05) is 6.07 Å². The van der Waals surface area contributed by atoms with E-state index in [9.17, 15) is 10.1 Å². The van der Waals surface area contributed by atoms with Crippen LogP contribution in [0.4, 0.5) is 11.4 Å². The van der Waals surface area contributed by atoms with Gasteiger partial charge in [0.25, 0.3) is 5.69 Å². The van der Waals surface area contributed by atoms with Gasteiger partial charge in [0.15, 0.2) is 5.69 Å². The van der Waals surface area contributed by atoms with E-state index in [1.807, 2.05) is 0 Å². The number of hydrogen-bond acceptors (Lipinski definition) is 5. The van der Waals surface area contributed by atoms with Crippen molar-refractivity contribution in [2.24, 2.45) is 0 Å². The Kier molecular flexibility index (Phi) is 2.66. The Morgan fingerprint density at radius 3 is 2.94 bits per heavy atom. The van der Waals surface area contributed by atoms with Gasteiger partial charge >= 0.3 is 0 Å². The van der Waals surface area contributed by atoms with Crippen LogP contribution in [-0.2, 0) is 4.74 Å². The van der Waals surface area contributed by atoms with Crippen LogP contribution in [0.5, 0.6) is 5.75 Å². The fraction of sp³-hybridized carbons (Fsp3) is 0.400. The van der Waals surface area contributed by atoms with Crippen molar-refractivity contribution in [1.82, 2.24) is 0 Å². The zero-order valence-corrected chi connectivity index (χ0v) is 8.80. The minimum Gasteiger partial charge on any atom is -0.488 e. The lowest BCUT2D eigenvalue weighted by molar-refractivity contribution is -0.384. The molecule has 2 N–H and O–H groups in total. The Morgan fingerprint density at radius 1 is 1.69 bits per heavy atom. The molecule has 2 rings (SSSR count). The number of nitro groups is 1. The first-order chi connectivity index (χ1) is 7.58. The van der Waals surface area contributed by atoms with Gasteiger partial charge in [-0.2, -0.15) is 0 Å². The maximum absolute atomic E-state index is 10.7. The fourth-order valence-electron chi connectivity index (χ4n) is 1.36. The monoisotopic (exact) mass is 224 g/mol. The third kappa shape index (κ3) is 2.22. The number of ether oxygens (including phenoxy) is 2. The molecule has 0 bridgehead atoms. The lowest BCUT2D eigenvalue weighted by Crippen LogP contribution is -2.07. The average Bonchev–Trinajstić information content (AvgIpc) is 3.02. The first-order valence-corrected chi connectivity index (χ1v) is 4.87. The van der Waals surface area contributed by atoms with Gasteiger partial charge in [-0.25, -0.2) is 0 Å². The van der Waals surface area contributed by atoms with E-state index in [0.29, 0.717) is 19.0 Å². The number of benzene rings is 1. The molecule has 1 aliphatic rings. The highest BCUT2D eigenvalue weighted by Crippen LogP contribution is 2.33. The highest BCUT2D eigenvalue weighted by atomic mass is 16.6. The van der Waals surface area contributed by atoms with E-state index in [1.165, 1.54) is 6.07 Å². The smallest absolute Gasteiger partial charge is 0.296 e. The van der Waals surface area contributed by atoms with Crippen molar-refractivity contribution in [1.29, 1.82) is 0 Å². The number of rotatable bonds is 4. The van der Waals surface area contributed by atoms with E-state index < -0.39 is 4.92 Å². The number of nitrogens with zero attached hydrogens (tertiary/aromatic N) is 1. The van der Waals surface area contributed by atoms with Crippen molar-refractivity contribution >= 4 is 11.4 Å². The van der Waals surface area contributed by atoms with E-state index in [1.54, 1.807) is 13.0 Å². The number of nitro benzene ring substituents is 1. The highest BCUT2D eigenvalue weighted by molar-refractivity contribution is 5.68. The number of nitrogen functional groups attached to an aromatic ring is 1. The van der Waals surface area contributed by atoms with E-state index >= 15 is 0 Å². The summed E-state index contributed by atoms with van der Waals surface area (Å²) >= 11 is 0. The SMILES string of the molecule is Cc1cc(OCC2CO2)c(N)c([N+](=O)[O-])c1. The number of anilines is 1. The molecule has 0 aliphatic carbocycles. The molecule has 1 atom stereocenters. The Morgan fingerprint density at radius 2 is 2.38 bits per heavy atom. The lowest BCUT2D eigenvalue weighted by Gasteiger charge is -2.08. The lowest BCUT2D eigenvalue weighted by atomic mass is 10.2. The minimum absolute atomic E-state index is 0.0660. The minimum atomic E-state index is -0.511. The second kappa shape index (κ2) is 3.97. The first kappa shape index (κ1) is 10.7. The molecular weight excluding hydrogens is 212 g/mol. The summed E-state index contributed by atoms with van der Waals surface area (Å²) in [4.78, 5) is 10.2. The largest absolute Gasteiger partial charge is 0.488 e. The third-order valence-electron chi connectivity index (χ3n) is 2.29. The predicted octanol–water partition coefficient (Wildman–Crippen LogP) is 1.26. The van der Waals surface area contributed by atoms with Gasteiger partial charge in [-0.05, 0) is 18.6 Å². The van der Waals surface area contributed by atoms with Crippen molar-refractivity contribution in [2.75, 3.05) is 18.9 Å². The molecule has 1 unspecified atom stereocenters. The summed E-state index contributed by atoms with van der Waals surface area (Å²) in [5.41, 5.74) is 6.34. The van der Waals surface area contributed by atoms with Crippen LogP contribution in [0.25, 0.3) is 0 Å². The van der Waals surface area contributed by atoms with E-state index in [4.69, 9.17) is 15.2 Å². The second-order valence-electron chi connectivity index (χ2n) is 3.72. The van der Waals surface area contributed by atoms with Crippen LogP contribution in [0.1, 0.15) is 5.56 Å². The molecular formula is C10H12N2O4. The van der Waals surface area contributed by atoms with Crippen molar-refractivity contribution in [3.05, 3.63) is 27.8 Å². The normalized spacial score (nSPS) is 18.2. The molecule has 1 aromatic carbocycles. The van der Waals surface area contributed by atoms with Gasteiger partial charge < -0.3 is 15.2 Å². The quantitative estimate of drug-likeness (QED) is 0.360. The molecule has 6 heteroatoms. The van der Waals surface area contributed by atoms with E-state index in [0.717, 1.165) is 5.56 Å². The molecule has 6 nitrogen and oxygen atoms in total. The Hall–Kier alpha value is -1.82. The summed E-state index contributed by atoms with van der Waals surface area (Å²) in [7, 11) is 0. The summed E-state index contributed by atoms with van der Waals surface area (Å²) in [6.45, 7) is 2.81. The van der Waals surface area contributed by atoms with Gasteiger partial charge in [-0.3, -0.25) is 10.1 Å². The molecule has 0 radical (unpaired) electrons. The fourth-order valence-corrected chi connectivity index (χ4v) is 1.36. The van der Waals surface area contributed by atoms with Crippen LogP contribution < -0.4 is 10.5 Å². The summed E-state index contributed by atoms with van der Waals surface area (Å²) in [5, 5.41) is 10.7. The summed E-state index contributed by atoms with van der Waals surface area (Å²) in [6, 6.07) is 3.11. The Bertz CT molecular complexity index is 429. The molecule has 1 heterocycles. The molecule has 1 saturated heterocycles. The summed E-state index contributed by atoms with van der Waals surface area (Å²) in [6.07, 6.45) is 0.0963. The van der Waals surface area contributed by atoms with Crippen molar-refractivity contribution < 1.29 is 14.4 Å². The molecule has 0 saturated carbocycles. The van der Waals surface area contributed by atoms with Crippen molar-refractivity contribution in [3.63, 3.8) is 0 Å². The second-order valence-corrected chi connectivity index (χ2v) is 3.72. The molecule has 1 aliphatic heterocycles. The first-order valence-electron chi connectivity index (χ1n) is 4.87. The molecule has 16 heavy (non-hydrogen) atoms. The zero-order valence-electron chi connectivity index (χ0n) is 8.80. The molecule has 1 aromatic rings. The highest BCUT2D eigenvalue weighted by Gasteiger charge is 2.24. The van der Waals surface area contributed by atoms with Crippen molar-refractivity contribution in [3.8, 4) is 5.75 Å². The van der Waals surface area contributed by atoms with Crippen LogP contribution in [0.3, 0.4) is 0 Å². The topological polar surface area (TPSA) is 90.9 Å². The molecule has 0 amide bonds. The molecule has 86 valence electrons. The van der Waals surface area contributed by atoms with E-state index in [2.05, 4.69) is 0 Å². The maximum atomic E-state index is 10.7. The number of aryl methyl sites for hydroxylation is 1. The molecule has 0 aromatic heterocycles. The van der Waals surface area contributed by atoms with Gasteiger partial charge in [-0.15, -0.1) is 0 Å². The maximum Gasteiger partial charge on any atom is 0.296 e. The predicted molar refractivity (Wildman–Crippen MR) is 57.5 cm³/mol. The van der Waals surface area contributed by atoms with Crippen LogP contribution in [-0.4, -0.2) is 24.2 Å². The molecule has 1 fully saturated rings. The van der Waals surface area contributed by atoms with Crippen LogP contribution >= 0.6 is 0 Å². The van der Waals surface area contributed by atoms with Crippen molar-refractivity contribution in [2.45, 2.75) is 13.0 Å². The van der Waals surface area contributed by atoms with Gasteiger partial charge in [0.1, 0.15) is 18.5 Å². The van der Waals surface area contributed by atoms with Gasteiger partial charge in [-0.1, -0.05) is 0 Å². The van der Waals surface area contributed by atoms with Gasteiger partial charge in [0.05, 0.1) is 11.5 Å². The number of hydrogen-bond donors (Lipinski definition) is 1. The number of nitrogens with two attached hydrogens (primary N) is 1. The zero-order chi connectivity index (χ0) is 11.7. The van der Waals surface area contributed by atoms with Crippen LogP contribution in [0, 0.1) is 17.0 Å². The van der Waals surface area contributed by atoms with Gasteiger partial charge in [0.2, 0.25) is 0 Å². The number of epoxide rings is 1. The average molecular weight is 224 g/mol. The summed E-state index contributed by atoms with van der Waals surface area (Å²) in [5.74, 6) is 0.349. The third-order valence-corrected chi connectivity index (χ3v) is 2.29. The standard InChI is InChI=1S/C10H12N2O4/c1-6-2-8(12(13)14)10(11)9(3-6)16-5-7-4-15-7/h2-3,7H,4-5,11H2,1H3. The summed E-state index contributed by atoms with van der Waals surface area (Å²) < 4.78 is 10.4. The van der Waals surface area contributed by atoms with Crippen LogP contribution in [0.15, 0.2) is 12.1 Å². The molecule has 0 spiro atoms. The Labute approximate surface area is 92.1 Å². The van der Waals surface area contributed by atoms with E-state index in [-0.39, 0.29) is 17.5 Å². The van der Waals surface area contributed by atoms with Crippen LogP contribution in [0.2, 0.25) is 0 Å².